The molecule has 0 aliphatic carbocycles. The fraction of sp³-hybridized carbons (Fsp3) is 0.294. The van der Waals surface area contributed by atoms with Crippen molar-refractivity contribution in [3.05, 3.63) is 59.4 Å². The van der Waals surface area contributed by atoms with E-state index in [9.17, 15) is 0 Å². The number of hydrogen-bond acceptors (Lipinski definition) is 3. The standard InChI is InChI=1S/C17H20ClN3OS/c1-13(15-8-5-6-10-19-15)21(11-12-22-2)17(23)20-16-9-4-3-7-14(16)18/h3-10,13H,11-12H2,1-2H3,(H,20,23)/t13-/m0/s1. The smallest absolute Gasteiger partial charge is 0.174 e. The molecule has 0 spiro atoms. The van der Waals surface area contributed by atoms with E-state index >= 15 is 0 Å². The molecule has 2 aromatic rings. The van der Waals surface area contributed by atoms with E-state index in [1.807, 2.05) is 47.4 Å². The molecule has 2 rings (SSSR count). The van der Waals surface area contributed by atoms with Crippen LogP contribution in [0.1, 0.15) is 18.7 Å². The van der Waals surface area contributed by atoms with Gasteiger partial charge in [0, 0.05) is 19.9 Å². The van der Waals surface area contributed by atoms with Crippen LogP contribution in [0.5, 0.6) is 0 Å². The van der Waals surface area contributed by atoms with Crippen LogP contribution in [0.15, 0.2) is 48.7 Å². The number of para-hydroxylation sites is 1. The van der Waals surface area contributed by atoms with Gasteiger partial charge in [-0.25, -0.2) is 0 Å². The largest absolute Gasteiger partial charge is 0.383 e. The first-order chi connectivity index (χ1) is 11.1. The summed E-state index contributed by atoms with van der Waals surface area (Å²) in [6.45, 7) is 3.30. The Hall–Kier alpha value is -1.69. The first-order valence-corrected chi connectivity index (χ1v) is 8.14. The molecule has 1 heterocycles. The van der Waals surface area contributed by atoms with Crippen LogP contribution in [-0.2, 0) is 4.74 Å². The fourth-order valence-corrected chi connectivity index (χ4v) is 2.74. The molecule has 1 N–H and O–H groups in total. The van der Waals surface area contributed by atoms with E-state index < -0.39 is 0 Å². The number of methoxy groups -OCH3 is 1. The van der Waals surface area contributed by atoms with Crippen molar-refractivity contribution in [1.29, 1.82) is 0 Å². The van der Waals surface area contributed by atoms with E-state index in [-0.39, 0.29) is 6.04 Å². The molecular weight excluding hydrogens is 330 g/mol. The number of benzene rings is 1. The Morgan fingerprint density at radius 1 is 1.30 bits per heavy atom. The van der Waals surface area contributed by atoms with E-state index in [1.54, 1.807) is 13.3 Å². The molecule has 1 aromatic heterocycles. The molecule has 0 aliphatic heterocycles. The van der Waals surface area contributed by atoms with E-state index in [1.165, 1.54) is 0 Å². The number of rotatable bonds is 6. The minimum absolute atomic E-state index is 0.0221. The first kappa shape index (κ1) is 17.7. The fourth-order valence-electron chi connectivity index (χ4n) is 2.19. The number of aromatic nitrogens is 1. The Bertz CT molecular complexity index is 639. The average Bonchev–Trinajstić information content (AvgIpc) is 2.58. The monoisotopic (exact) mass is 349 g/mol. The van der Waals surface area contributed by atoms with Crippen LogP contribution >= 0.6 is 23.8 Å². The maximum atomic E-state index is 6.20. The Morgan fingerprint density at radius 2 is 2.04 bits per heavy atom. The van der Waals surface area contributed by atoms with Crippen LogP contribution in [0.3, 0.4) is 0 Å². The summed E-state index contributed by atoms with van der Waals surface area (Å²) in [5.41, 5.74) is 1.74. The zero-order valence-corrected chi connectivity index (χ0v) is 14.8. The van der Waals surface area contributed by atoms with Crippen LogP contribution in [-0.4, -0.2) is 35.3 Å². The lowest BCUT2D eigenvalue weighted by Gasteiger charge is -2.31. The number of hydrogen-bond donors (Lipinski definition) is 1. The number of pyridine rings is 1. The second kappa shape index (κ2) is 8.82. The zero-order chi connectivity index (χ0) is 16.7. The molecule has 23 heavy (non-hydrogen) atoms. The van der Waals surface area contributed by atoms with Crippen LogP contribution in [0.2, 0.25) is 5.02 Å². The van der Waals surface area contributed by atoms with Crippen molar-refractivity contribution in [3.63, 3.8) is 0 Å². The van der Waals surface area contributed by atoms with Crippen molar-refractivity contribution < 1.29 is 4.74 Å². The highest BCUT2D eigenvalue weighted by atomic mass is 35.5. The van der Waals surface area contributed by atoms with Gasteiger partial charge in [-0.3, -0.25) is 4.98 Å². The number of nitrogens with zero attached hydrogens (tertiary/aromatic N) is 2. The first-order valence-electron chi connectivity index (χ1n) is 7.35. The van der Waals surface area contributed by atoms with Crippen LogP contribution in [0.4, 0.5) is 5.69 Å². The van der Waals surface area contributed by atoms with E-state index in [4.69, 9.17) is 28.6 Å². The van der Waals surface area contributed by atoms with Gasteiger partial charge >= 0.3 is 0 Å². The highest BCUT2D eigenvalue weighted by Gasteiger charge is 2.20. The molecule has 0 unspecified atom stereocenters. The predicted octanol–water partition coefficient (Wildman–Crippen LogP) is 4.14. The molecule has 0 saturated heterocycles. The summed E-state index contributed by atoms with van der Waals surface area (Å²) in [6.07, 6.45) is 1.78. The van der Waals surface area contributed by atoms with Crippen LogP contribution in [0.25, 0.3) is 0 Å². The van der Waals surface area contributed by atoms with Crippen molar-refractivity contribution in [1.82, 2.24) is 9.88 Å². The van der Waals surface area contributed by atoms with Gasteiger partial charge in [0.15, 0.2) is 5.11 Å². The van der Waals surface area contributed by atoms with E-state index in [0.29, 0.717) is 23.3 Å². The van der Waals surface area contributed by atoms with Gasteiger partial charge in [0.2, 0.25) is 0 Å². The summed E-state index contributed by atoms with van der Waals surface area (Å²) in [5, 5.41) is 4.43. The van der Waals surface area contributed by atoms with Gasteiger partial charge < -0.3 is 15.0 Å². The van der Waals surface area contributed by atoms with Gasteiger partial charge in [-0.2, -0.15) is 0 Å². The molecule has 0 amide bonds. The molecule has 122 valence electrons. The van der Waals surface area contributed by atoms with E-state index in [2.05, 4.69) is 17.2 Å². The van der Waals surface area contributed by atoms with Gasteiger partial charge in [0.1, 0.15) is 0 Å². The van der Waals surface area contributed by atoms with Crippen LogP contribution in [0, 0.1) is 0 Å². The minimum Gasteiger partial charge on any atom is -0.383 e. The number of ether oxygens (including phenoxy) is 1. The van der Waals surface area contributed by atoms with E-state index in [0.717, 1.165) is 11.4 Å². The van der Waals surface area contributed by atoms with Crippen LogP contribution < -0.4 is 5.32 Å². The van der Waals surface area contributed by atoms with Gasteiger partial charge in [-0.1, -0.05) is 29.8 Å². The normalized spacial score (nSPS) is 11.8. The van der Waals surface area contributed by atoms with Crippen molar-refractivity contribution in [2.45, 2.75) is 13.0 Å². The van der Waals surface area contributed by atoms with Crippen molar-refractivity contribution in [2.75, 3.05) is 25.6 Å². The van der Waals surface area contributed by atoms with Gasteiger partial charge in [0.25, 0.3) is 0 Å². The molecule has 1 aromatic carbocycles. The van der Waals surface area contributed by atoms with Gasteiger partial charge in [-0.05, 0) is 43.4 Å². The van der Waals surface area contributed by atoms with Crippen molar-refractivity contribution >= 4 is 34.6 Å². The number of nitrogens with one attached hydrogen (secondary N) is 1. The Morgan fingerprint density at radius 3 is 2.70 bits per heavy atom. The van der Waals surface area contributed by atoms with Crippen molar-refractivity contribution in [3.8, 4) is 0 Å². The average molecular weight is 350 g/mol. The zero-order valence-electron chi connectivity index (χ0n) is 13.2. The molecule has 0 aliphatic rings. The Balaban J connectivity index is 2.17. The lowest BCUT2D eigenvalue weighted by Crippen LogP contribution is -2.39. The summed E-state index contributed by atoms with van der Waals surface area (Å²) in [4.78, 5) is 6.46. The Labute approximate surface area is 147 Å². The molecule has 0 bridgehead atoms. The minimum atomic E-state index is 0.0221. The number of anilines is 1. The molecule has 0 radical (unpaired) electrons. The van der Waals surface area contributed by atoms with Gasteiger partial charge in [0.05, 0.1) is 29.1 Å². The lowest BCUT2D eigenvalue weighted by atomic mass is 10.2. The maximum absolute atomic E-state index is 6.20. The maximum Gasteiger partial charge on any atom is 0.174 e. The van der Waals surface area contributed by atoms with Gasteiger partial charge in [-0.15, -0.1) is 0 Å². The molecule has 0 fully saturated rings. The molecular formula is C17H20ClN3OS. The molecule has 0 saturated carbocycles. The molecule has 4 nitrogen and oxygen atoms in total. The third-order valence-corrected chi connectivity index (χ3v) is 4.16. The van der Waals surface area contributed by atoms with Crippen molar-refractivity contribution in [2.24, 2.45) is 0 Å². The topological polar surface area (TPSA) is 37.4 Å². The number of halogens is 1. The summed E-state index contributed by atoms with van der Waals surface area (Å²) >= 11 is 11.8. The third-order valence-electron chi connectivity index (χ3n) is 3.50. The summed E-state index contributed by atoms with van der Waals surface area (Å²) in [5.74, 6) is 0. The second-order valence-electron chi connectivity index (χ2n) is 5.03. The number of thiocarbonyl (C=S) groups is 1. The SMILES string of the molecule is COCCN(C(=S)Nc1ccccc1Cl)[C@@H](C)c1ccccn1. The quantitative estimate of drug-likeness (QED) is 0.793. The second-order valence-corrected chi connectivity index (χ2v) is 5.82. The highest BCUT2D eigenvalue weighted by molar-refractivity contribution is 7.80. The Kier molecular flexibility index (Phi) is 6.77. The third kappa shape index (κ3) is 4.89. The lowest BCUT2D eigenvalue weighted by molar-refractivity contribution is 0.164. The summed E-state index contributed by atoms with van der Waals surface area (Å²) in [6, 6.07) is 13.4. The molecule has 6 heteroatoms. The summed E-state index contributed by atoms with van der Waals surface area (Å²) < 4.78 is 5.21. The summed E-state index contributed by atoms with van der Waals surface area (Å²) in [7, 11) is 1.67. The predicted molar refractivity (Wildman–Crippen MR) is 98.9 cm³/mol. The molecule has 1 atom stereocenters. The highest BCUT2D eigenvalue weighted by Crippen LogP contribution is 2.23.